The Kier molecular flexibility index (Phi) is 12.4. The second kappa shape index (κ2) is 17.0. The molecule has 0 radical (unpaired) electrons. The van der Waals surface area contributed by atoms with E-state index in [1.54, 1.807) is 12.1 Å². The van der Waals surface area contributed by atoms with Gasteiger partial charge in [0.2, 0.25) is 0 Å². The second-order valence-corrected chi connectivity index (χ2v) is 27.5. The van der Waals surface area contributed by atoms with E-state index in [0.717, 1.165) is 55.8 Å². The third-order valence-corrected chi connectivity index (χ3v) is 14.9. The first-order valence-electron chi connectivity index (χ1n) is 24.8. The molecule has 8 rings (SSSR count). The molecule has 3 aromatic heterocycles. The highest BCUT2D eigenvalue weighted by molar-refractivity contribution is 7.61. The fourth-order valence-corrected chi connectivity index (χ4v) is 10.2. The molecular weight excluding hydrogens is 880 g/mol. The highest BCUT2D eigenvalue weighted by Gasteiger charge is 2.30. The molecule has 70 heavy (non-hydrogen) atoms. The summed E-state index contributed by atoms with van der Waals surface area (Å²) < 4.78 is 13.9. The summed E-state index contributed by atoms with van der Waals surface area (Å²) in [5, 5.41) is -0.166. The molecular formula is C62H75N4O3P. The zero-order chi connectivity index (χ0) is 51.5. The van der Waals surface area contributed by atoms with Crippen LogP contribution in [-0.4, -0.2) is 29.7 Å². The van der Waals surface area contributed by atoms with Crippen LogP contribution in [0.15, 0.2) is 78.9 Å². The van der Waals surface area contributed by atoms with E-state index in [0.29, 0.717) is 16.7 Å². The summed E-state index contributed by atoms with van der Waals surface area (Å²) in [6.07, 6.45) is 7.85. The summed E-state index contributed by atoms with van der Waals surface area (Å²) in [6, 6.07) is 28.6. The van der Waals surface area contributed by atoms with Crippen molar-refractivity contribution in [2.24, 2.45) is 0 Å². The predicted molar refractivity (Wildman–Crippen MR) is 299 cm³/mol. The van der Waals surface area contributed by atoms with E-state index >= 15 is 0 Å². The van der Waals surface area contributed by atoms with Crippen LogP contribution >= 0.6 is 7.60 Å². The van der Waals surface area contributed by atoms with Gasteiger partial charge < -0.3 is 19.8 Å². The number of H-pyrrole nitrogens is 2. The van der Waals surface area contributed by atoms with E-state index in [9.17, 15) is 14.4 Å². The minimum absolute atomic E-state index is 0.136. The maximum absolute atomic E-state index is 13.9. The molecule has 8 bridgehead atoms. The van der Waals surface area contributed by atoms with Crippen molar-refractivity contribution in [1.29, 1.82) is 0 Å². The topological polar surface area (TPSA) is 115 Å². The first kappa shape index (κ1) is 50.8. The lowest BCUT2D eigenvalue weighted by Crippen LogP contribution is -2.16. The monoisotopic (exact) mass is 955 g/mol. The minimum atomic E-state index is -4.93. The van der Waals surface area contributed by atoms with Gasteiger partial charge in [0.1, 0.15) is 5.30 Å². The van der Waals surface area contributed by atoms with E-state index in [1.807, 2.05) is 12.1 Å². The number of nitrogens with zero attached hydrogens (tertiary/aromatic N) is 2. The largest absolute Gasteiger partial charge is 0.360 e. The summed E-state index contributed by atoms with van der Waals surface area (Å²) in [5.41, 5.74) is 16.9. The molecule has 6 aromatic rings. The highest BCUT2D eigenvalue weighted by Crippen LogP contribution is 2.44. The number of nitrogens with one attached hydrogen (secondary N) is 2. The number of rotatable bonds is 4. The van der Waals surface area contributed by atoms with E-state index < -0.39 is 7.60 Å². The van der Waals surface area contributed by atoms with Gasteiger partial charge in [-0.05, 0) is 131 Å². The molecule has 0 atom stereocenters. The van der Waals surface area contributed by atoms with Crippen LogP contribution in [0.25, 0.3) is 79.8 Å². The molecule has 0 saturated heterocycles. The second-order valence-electron chi connectivity index (χ2n) is 25.9. The fourth-order valence-electron chi connectivity index (χ4n) is 9.32. The average Bonchev–Trinajstić information content (AvgIpc) is 4.06. The van der Waals surface area contributed by atoms with Crippen LogP contribution in [0, 0.1) is 0 Å². The minimum Gasteiger partial charge on any atom is -0.354 e. The summed E-state index contributed by atoms with van der Waals surface area (Å²) in [6.45, 7) is 40.4. The SMILES string of the molecule is CC(C)(C)c1cc(-c2c3nc(c(-c4cc(C(C)(C)C)cc(C(C)(C)C)c4)c4ccc([nH]4)c(P(=O)(O)O)c4nc(c(-c5cc(C(C)(C)C)cc(C(C)(C)C)c5)c5ccc2[nH]5)C=C4)C=C3)cc(C(C)(C)C)c1. The van der Waals surface area contributed by atoms with Gasteiger partial charge >= 0.3 is 7.60 Å². The fraction of sp³-hybridized carbons (Fsp3) is 0.387. The highest BCUT2D eigenvalue weighted by atomic mass is 31.2. The average molecular weight is 955 g/mol. The Morgan fingerprint density at radius 1 is 0.357 bits per heavy atom. The number of hydrogen-bond donors (Lipinski definition) is 4. The normalized spacial score (nSPS) is 13.9. The van der Waals surface area contributed by atoms with Crippen molar-refractivity contribution in [3.05, 3.63) is 135 Å². The summed E-state index contributed by atoms with van der Waals surface area (Å²) >= 11 is 0. The standard InChI is InChI=1S/C62H75N4O3P/c1-57(2,3)39-27-36(28-40(33-39)58(4,5)6)53-45-19-21-47(63-45)54(37-29-41(59(7,8)9)34-42(30-37)60(10,11)12)49-23-25-51(65-49)56(70(67,68)69)52-26-24-50(66-52)55(48-22-20-46(53)64-48)38-31-43(61(13,14)15)35-44(32-38)62(16,17)18/h19-35,63,66H,1-18H3,(H2,67,68,69). The van der Waals surface area contributed by atoms with Crippen molar-refractivity contribution in [1.82, 2.24) is 19.9 Å². The molecule has 5 heterocycles. The van der Waals surface area contributed by atoms with Crippen molar-refractivity contribution in [2.75, 3.05) is 0 Å². The first-order chi connectivity index (χ1) is 32.1. The van der Waals surface area contributed by atoms with E-state index in [1.165, 1.54) is 33.4 Å². The van der Waals surface area contributed by atoms with Crippen molar-refractivity contribution >= 4 is 59.3 Å². The van der Waals surface area contributed by atoms with Crippen molar-refractivity contribution in [3.8, 4) is 33.4 Å². The van der Waals surface area contributed by atoms with E-state index in [4.69, 9.17) is 9.97 Å². The third kappa shape index (κ3) is 10.1. The number of hydrogen-bond acceptors (Lipinski definition) is 3. The third-order valence-electron chi connectivity index (χ3n) is 13.9. The van der Waals surface area contributed by atoms with E-state index in [-0.39, 0.29) is 43.5 Å². The number of aromatic nitrogens is 4. The predicted octanol–water partition coefficient (Wildman–Crippen LogP) is 16.2. The van der Waals surface area contributed by atoms with Crippen LogP contribution in [0.5, 0.6) is 0 Å². The lowest BCUT2D eigenvalue weighted by molar-refractivity contribution is 0.387. The Hall–Kier alpha value is -5.59. The molecule has 0 unspecified atom stereocenters. The quantitative estimate of drug-likeness (QED) is 0.131. The van der Waals surface area contributed by atoms with Gasteiger partial charge in [-0.15, -0.1) is 0 Å². The molecule has 2 aliphatic heterocycles. The lowest BCUT2D eigenvalue weighted by atomic mass is 9.78. The van der Waals surface area contributed by atoms with Gasteiger partial charge in [0.05, 0.1) is 28.3 Å². The Morgan fingerprint density at radius 2 is 0.586 bits per heavy atom. The molecule has 4 N–H and O–H groups in total. The Balaban J connectivity index is 1.64. The summed E-state index contributed by atoms with van der Waals surface area (Å²) in [5.74, 6) is 0. The lowest BCUT2D eigenvalue weighted by Gasteiger charge is -2.26. The van der Waals surface area contributed by atoms with Gasteiger partial charge in [-0.3, -0.25) is 4.57 Å². The number of fused-ring (bicyclic) bond motifs is 8. The molecule has 2 aliphatic rings. The van der Waals surface area contributed by atoms with Crippen LogP contribution in [-0.2, 0) is 37.1 Å². The van der Waals surface area contributed by atoms with Gasteiger partial charge in [0, 0.05) is 33.2 Å². The van der Waals surface area contributed by atoms with Crippen LogP contribution in [0.1, 0.15) is 181 Å². The van der Waals surface area contributed by atoms with Gasteiger partial charge in [-0.25, -0.2) is 9.97 Å². The van der Waals surface area contributed by atoms with Crippen LogP contribution in [0.2, 0.25) is 0 Å². The maximum atomic E-state index is 13.9. The molecule has 0 aliphatic carbocycles. The van der Waals surface area contributed by atoms with Crippen LogP contribution < -0.4 is 5.30 Å². The number of aromatic amines is 2. The van der Waals surface area contributed by atoms with E-state index in [2.05, 4.69) is 213 Å². The molecule has 3 aromatic carbocycles. The van der Waals surface area contributed by atoms with Crippen molar-refractivity contribution < 1.29 is 14.4 Å². The first-order valence-corrected chi connectivity index (χ1v) is 26.4. The molecule has 0 saturated carbocycles. The Bertz CT molecular complexity index is 3200. The maximum Gasteiger partial charge on any atom is 0.360 e. The molecule has 0 spiro atoms. The zero-order valence-electron chi connectivity index (χ0n) is 45.0. The summed E-state index contributed by atoms with van der Waals surface area (Å²) in [7, 11) is -4.93. The van der Waals surface area contributed by atoms with Gasteiger partial charge in [-0.2, -0.15) is 0 Å². The Labute approximate surface area is 417 Å². The smallest absolute Gasteiger partial charge is 0.354 e. The van der Waals surface area contributed by atoms with Crippen molar-refractivity contribution in [3.63, 3.8) is 0 Å². The molecule has 0 amide bonds. The zero-order valence-corrected chi connectivity index (χ0v) is 45.9. The van der Waals surface area contributed by atoms with Gasteiger partial charge in [0.15, 0.2) is 0 Å². The Morgan fingerprint density at radius 3 is 0.843 bits per heavy atom. The van der Waals surface area contributed by atoms with Crippen LogP contribution in [0.4, 0.5) is 0 Å². The number of benzene rings is 3. The molecule has 0 fully saturated rings. The van der Waals surface area contributed by atoms with Gasteiger partial charge in [-0.1, -0.05) is 179 Å². The van der Waals surface area contributed by atoms with Gasteiger partial charge in [0.25, 0.3) is 0 Å². The van der Waals surface area contributed by atoms with Crippen LogP contribution in [0.3, 0.4) is 0 Å². The molecule has 8 heteroatoms. The molecule has 366 valence electrons. The molecule has 7 nitrogen and oxygen atoms in total. The summed E-state index contributed by atoms with van der Waals surface area (Å²) in [4.78, 5) is 40.8. The van der Waals surface area contributed by atoms with Crippen molar-refractivity contribution in [2.45, 2.75) is 157 Å².